The van der Waals surface area contributed by atoms with E-state index >= 15 is 0 Å². The Bertz CT molecular complexity index is 1030. The zero-order valence-corrected chi connectivity index (χ0v) is 18.0. The van der Waals surface area contributed by atoms with Crippen LogP contribution < -0.4 is 0 Å². The van der Waals surface area contributed by atoms with Crippen LogP contribution in [-0.4, -0.2) is 29.4 Å². The summed E-state index contributed by atoms with van der Waals surface area (Å²) in [7, 11) is -1.35. The van der Waals surface area contributed by atoms with Gasteiger partial charge in [-0.15, -0.1) is 10.2 Å². The Morgan fingerprint density at radius 2 is 1.61 bits per heavy atom. The summed E-state index contributed by atoms with van der Waals surface area (Å²) in [5.41, 5.74) is 5.37. The molecular formula is C22H26N4OS. The van der Waals surface area contributed by atoms with Crippen molar-refractivity contribution in [3.63, 3.8) is 0 Å². The van der Waals surface area contributed by atoms with Crippen LogP contribution in [0.2, 0.25) is 0 Å². The van der Waals surface area contributed by atoms with E-state index in [0.717, 1.165) is 34.0 Å². The molecule has 1 aromatic carbocycles. The lowest BCUT2D eigenvalue weighted by atomic mass is 10.0. The molecule has 3 aromatic rings. The van der Waals surface area contributed by atoms with E-state index in [1.54, 1.807) is 0 Å². The number of hydrogen-bond donors (Lipinski definition) is 0. The molecule has 0 unspecified atom stereocenters. The molecular weight excluding hydrogens is 368 g/mol. The summed E-state index contributed by atoms with van der Waals surface area (Å²) in [5.74, 6) is 0.728. The number of nitrogens with zero attached hydrogens (tertiary/aromatic N) is 4. The first kappa shape index (κ1) is 20.1. The summed E-state index contributed by atoms with van der Waals surface area (Å²) in [6.45, 7) is 11.7. The van der Waals surface area contributed by atoms with Crippen molar-refractivity contribution in [1.82, 2.24) is 14.8 Å². The molecule has 146 valence electrons. The first-order chi connectivity index (χ1) is 13.2. The summed E-state index contributed by atoms with van der Waals surface area (Å²) in [6.07, 6.45) is 0. The molecule has 0 spiro atoms. The average Bonchev–Trinajstić information content (AvgIpc) is 2.99. The zero-order chi connectivity index (χ0) is 20.5. The van der Waals surface area contributed by atoms with Gasteiger partial charge in [0, 0.05) is 22.5 Å². The van der Waals surface area contributed by atoms with Gasteiger partial charge in [0.05, 0.1) is 10.5 Å². The fourth-order valence-electron chi connectivity index (χ4n) is 2.92. The van der Waals surface area contributed by atoms with Crippen LogP contribution in [0.3, 0.4) is 0 Å². The van der Waals surface area contributed by atoms with Gasteiger partial charge in [-0.25, -0.2) is 4.21 Å². The summed E-state index contributed by atoms with van der Waals surface area (Å²) < 4.78 is 18.7. The highest BCUT2D eigenvalue weighted by molar-refractivity contribution is 7.85. The Morgan fingerprint density at radius 3 is 2.18 bits per heavy atom. The SMILES string of the molecule is C/C(=N\[S@](=O)C(C)(C)C)c1cc(-n2c(C)ccc2C)nnc1-c1ccccc1. The minimum atomic E-state index is -1.35. The second-order valence-electron chi connectivity index (χ2n) is 7.82. The Labute approximate surface area is 169 Å². The van der Waals surface area contributed by atoms with Crippen molar-refractivity contribution in [1.29, 1.82) is 0 Å². The highest BCUT2D eigenvalue weighted by atomic mass is 32.2. The van der Waals surface area contributed by atoms with Crippen molar-refractivity contribution in [3.05, 3.63) is 65.5 Å². The second-order valence-corrected chi connectivity index (χ2v) is 9.73. The first-order valence-electron chi connectivity index (χ1n) is 9.24. The average molecular weight is 395 g/mol. The van der Waals surface area contributed by atoms with Crippen molar-refractivity contribution in [2.24, 2.45) is 4.40 Å². The van der Waals surface area contributed by atoms with Gasteiger partial charge in [0.2, 0.25) is 0 Å². The summed E-state index contributed by atoms with van der Waals surface area (Å²) in [5, 5.41) is 9.00. The van der Waals surface area contributed by atoms with Gasteiger partial charge in [-0.2, -0.15) is 4.40 Å². The van der Waals surface area contributed by atoms with Crippen molar-refractivity contribution in [2.75, 3.05) is 0 Å². The Balaban J connectivity index is 2.20. The topological polar surface area (TPSA) is 60.1 Å². The molecule has 3 rings (SSSR count). The largest absolute Gasteiger partial charge is 0.302 e. The Hall–Kier alpha value is -2.60. The molecule has 0 aliphatic carbocycles. The van der Waals surface area contributed by atoms with Crippen LogP contribution in [0.25, 0.3) is 17.1 Å². The van der Waals surface area contributed by atoms with Crippen molar-refractivity contribution in [2.45, 2.75) is 46.3 Å². The van der Waals surface area contributed by atoms with E-state index in [2.05, 4.69) is 31.3 Å². The van der Waals surface area contributed by atoms with Gasteiger partial charge in [0.1, 0.15) is 16.7 Å². The highest BCUT2D eigenvalue weighted by Gasteiger charge is 2.21. The Morgan fingerprint density at radius 1 is 1.00 bits per heavy atom. The molecule has 0 radical (unpaired) electrons. The lowest BCUT2D eigenvalue weighted by Gasteiger charge is -2.16. The molecule has 0 amide bonds. The molecule has 0 aliphatic rings. The maximum Gasteiger partial charge on any atom is 0.160 e. The molecule has 0 saturated heterocycles. The molecule has 2 aromatic heterocycles. The van der Waals surface area contributed by atoms with Crippen LogP contribution in [-0.2, 0) is 11.0 Å². The van der Waals surface area contributed by atoms with Crippen LogP contribution in [0.1, 0.15) is 44.6 Å². The molecule has 0 bridgehead atoms. The van der Waals surface area contributed by atoms with E-state index in [0.29, 0.717) is 5.71 Å². The van der Waals surface area contributed by atoms with E-state index < -0.39 is 15.7 Å². The van der Waals surface area contributed by atoms with Crippen LogP contribution in [0.5, 0.6) is 0 Å². The number of rotatable bonds is 4. The molecule has 5 nitrogen and oxygen atoms in total. The van der Waals surface area contributed by atoms with E-state index in [-0.39, 0.29) is 0 Å². The maximum atomic E-state index is 12.6. The second kappa shape index (κ2) is 7.80. The molecule has 1 atom stereocenters. The van der Waals surface area contributed by atoms with Gasteiger partial charge in [-0.05, 0) is 59.7 Å². The van der Waals surface area contributed by atoms with Crippen molar-refractivity contribution in [3.8, 4) is 17.1 Å². The fourth-order valence-corrected chi connectivity index (χ4v) is 3.54. The third-order valence-electron chi connectivity index (χ3n) is 4.46. The predicted molar refractivity (Wildman–Crippen MR) is 116 cm³/mol. The monoisotopic (exact) mass is 394 g/mol. The van der Waals surface area contributed by atoms with Crippen molar-refractivity contribution >= 4 is 16.7 Å². The molecule has 0 aliphatic heterocycles. The molecule has 6 heteroatoms. The normalized spacial score (nSPS) is 13.6. The molecule has 28 heavy (non-hydrogen) atoms. The third-order valence-corrected chi connectivity index (χ3v) is 5.95. The van der Waals surface area contributed by atoms with Gasteiger partial charge in [0.15, 0.2) is 5.82 Å². The highest BCUT2D eigenvalue weighted by Crippen LogP contribution is 2.25. The van der Waals surface area contributed by atoms with Gasteiger partial charge < -0.3 is 4.57 Å². The van der Waals surface area contributed by atoms with Crippen LogP contribution >= 0.6 is 0 Å². The fraction of sp³-hybridized carbons (Fsp3) is 0.318. The number of benzene rings is 1. The van der Waals surface area contributed by atoms with Crippen LogP contribution in [0, 0.1) is 13.8 Å². The maximum absolute atomic E-state index is 12.6. The minimum absolute atomic E-state index is 0.426. The summed E-state index contributed by atoms with van der Waals surface area (Å²) >= 11 is 0. The number of aromatic nitrogens is 3. The van der Waals surface area contributed by atoms with Crippen molar-refractivity contribution < 1.29 is 4.21 Å². The standard InChI is InChI=1S/C22H26N4OS/c1-15-12-13-16(2)26(15)20-14-19(17(3)25-28(27)22(4,5)6)21(24-23-20)18-10-8-7-9-11-18/h7-14H,1-6H3/b25-17+/t28-/m1/s1. The first-order valence-corrected chi connectivity index (χ1v) is 10.4. The quantitative estimate of drug-likeness (QED) is 0.596. The smallest absolute Gasteiger partial charge is 0.160 e. The van der Waals surface area contributed by atoms with E-state index in [9.17, 15) is 4.21 Å². The van der Waals surface area contributed by atoms with Gasteiger partial charge in [0.25, 0.3) is 0 Å². The molecule has 0 N–H and O–H groups in total. The zero-order valence-electron chi connectivity index (χ0n) is 17.2. The third kappa shape index (κ3) is 4.12. The lowest BCUT2D eigenvalue weighted by Crippen LogP contribution is -2.21. The number of hydrogen-bond acceptors (Lipinski definition) is 3. The molecule has 2 heterocycles. The lowest BCUT2D eigenvalue weighted by molar-refractivity contribution is 0.650. The minimum Gasteiger partial charge on any atom is -0.302 e. The predicted octanol–water partition coefficient (Wildman–Crippen LogP) is 4.82. The van der Waals surface area contributed by atoms with E-state index in [1.807, 2.05) is 77.9 Å². The number of aryl methyl sites for hydroxylation is 2. The van der Waals surface area contributed by atoms with Gasteiger partial charge >= 0.3 is 0 Å². The Kier molecular flexibility index (Phi) is 5.61. The van der Waals surface area contributed by atoms with Crippen LogP contribution in [0.4, 0.5) is 0 Å². The summed E-state index contributed by atoms with van der Waals surface area (Å²) in [4.78, 5) is 0. The van der Waals surface area contributed by atoms with E-state index in [4.69, 9.17) is 0 Å². The van der Waals surface area contributed by atoms with Gasteiger partial charge in [-0.1, -0.05) is 30.3 Å². The van der Waals surface area contributed by atoms with Crippen LogP contribution in [0.15, 0.2) is 52.9 Å². The molecule has 0 saturated carbocycles. The van der Waals surface area contributed by atoms with E-state index in [1.165, 1.54) is 0 Å². The molecule has 0 fully saturated rings. The summed E-state index contributed by atoms with van der Waals surface area (Å²) in [6, 6.07) is 16.0. The van der Waals surface area contributed by atoms with Gasteiger partial charge in [-0.3, -0.25) is 0 Å².